The van der Waals surface area contributed by atoms with Crippen LogP contribution in [0.15, 0.2) is 36.5 Å². The van der Waals surface area contributed by atoms with Gasteiger partial charge in [-0.1, -0.05) is 243 Å². The maximum atomic E-state index is 12.9. The SMILES string of the molecule is CCCCCCCC/C=C\CCCCCCCCCC(=O)OC(COC(=O)CCCCC/C=C\CCCCCCCCC)COC(=O)CCCCCCCCC/C=C\CCCCCCCCCC. The zero-order chi connectivity index (χ0) is 49.3. The van der Waals surface area contributed by atoms with Crippen molar-refractivity contribution in [1.29, 1.82) is 0 Å². The fourth-order valence-electron chi connectivity index (χ4n) is 8.78. The summed E-state index contributed by atoms with van der Waals surface area (Å²) in [6.45, 7) is 6.65. The highest BCUT2D eigenvalue weighted by Gasteiger charge is 2.19. The van der Waals surface area contributed by atoms with Crippen molar-refractivity contribution in [3.63, 3.8) is 0 Å². The second kappa shape index (κ2) is 57.2. The second-order valence-electron chi connectivity index (χ2n) is 20.2. The number of rotatable bonds is 55. The Balaban J connectivity index is 4.36. The molecule has 1 unspecified atom stereocenters. The molecule has 6 heteroatoms. The van der Waals surface area contributed by atoms with Gasteiger partial charge in [-0.2, -0.15) is 0 Å². The lowest BCUT2D eigenvalue weighted by Crippen LogP contribution is -2.30. The van der Waals surface area contributed by atoms with Crippen molar-refractivity contribution >= 4 is 17.9 Å². The van der Waals surface area contributed by atoms with Crippen LogP contribution in [0, 0.1) is 0 Å². The summed E-state index contributed by atoms with van der Waals surface area (Å²) in [5, 5.41) is 0. The number of hydrogen-bond donors (Lipinski definition) is 0. The zero-order valence-corrected chi connectivity index (χ0v) is 45.6. The molecule has 0 fully saturated rings. The van der Waals surface area contributed by atoms with Gasteiger partial charge in [0, 0.05) is 19.3 Å². The lowest BCUT2D eigenvalue weighted by molar-refractivity contribution is -0.167. The highest BCUT2D eigenvalue weighted by molar-refractivity contribution is 5.71. The van der Waals surface area contributed by atoms with Crippen molar-refractivity contribution in [1.82, 2.24) is 0 Å². The Morgan fingerprint density at radius 1 is 0.279 bits per heavy atom. The lowest BCUT2D eigenvalue weighted by atomic mass is 10.1. The Morgan fingerprint density at radius 3 is 0.750 bits per heavy atom. The average molecular weight is 956 g/mol. The Morgan fingerprint density at radius 2 is 0.485 bits per heavy atom. The number of allylic oxidation sites excluding steroid dienone is 6. The summed E-state index contributed by atoms with van der Waals surface area (Å²) in [5.41, 5.74) is 0. The van der Waals surface area contributed by atoms with E-state index in [-0.39, 0.29) is 31.1 Å². The molecule has 0 heterocycles. The number of ether oxygens (including phenoxy) is 3. The first-order chi connectivity index (χ1) is 33.5. The van der Waals surface area contributed by atoms with Gasteiger partial charge in [0.2, 0.25) is 0 Å². The van der Waals surface area contributed by atoms with Gasteiger partial charge < -0.3 is 14.2 Å². The highest BCUT2D eigenvalue weighted by Crippen LogP contribution is 2.16. The van der Waals surface area contributed by atoms with Crippen LogP contribution in [0.4, 0.5) is 0 Å². The summed E-state index contributed by atoms with van der Waals surface area (Å²) in [5.74, 6) is -0.886. The topological polar surface area (TPSA) is 78.9 Å². The van der Waals surface area contributed by atoms with E-state index in [1.54, 1.807) is 0 Å². The molecule has 0 aromatic rings. The van der Waals surface area contributed by atoms with E-state index in [9.17, 15) is 14.4 Å². The third-order valence-electron chi connectivity index (χ3n) is 13.3. The van der Waals surface area contributed by atoms with Crippen molar-refractivity contribution in [2.75, 3.05) is 13.2 Å². The summed E-state index contributed by atoms with van der Waals surface area (Å²) in [6, 6.07) is 0. The molecule has 0 aliphatic rings. The van der Waals surface area contributed by atoms with Gasteiger partial charge in [-0.15, -0.1) is 0 Å². The molecule has 0 aliphatic carbocycles. The molecule has 0 aromatic heterocycles. The molecule has 0 saturated carbocycles. The maximum absolute atomic E-state index is 12.9. The molecule has 0 aliphatic heterocycles. The Bertz CT molecular complexity index is 1140. The van der Waals surface area contributed by atoms with Crippen molar-refractivity contribution < 1.29 is 28.6 Å². The van der Waals surface area contributed by atoms with Gasteiger partial charge in [-0.25, -0.2) is 0 Å². The molecule has 6 nitrogen and oxygen atoms in total. The summed E-state index contributed by atoms with van der Waals surface area (Å²) in [7, 11) is 0. The van der Waals surface area contributed by atoms with Crippen molar-refractivity contribution in [2.45, 2.75) is 329 Å². The summed E-state index contributed by atoms with van der Waals surface area (Å²) >= 11 is 0. The normalized spacial score (nSPS) is 12.2. The molecule has 0 N–H and O–H groups in total. The first-order valence-corrected chi connectivity index (χ1v) is 30.0. The molecule has 0 aromatic carbocycles. The van der Waals surface area contributed by atoms with E-state index < -0.39 is 6.10 Å². The first-order valence-electron chi connectivity index (χ1n) is 30.0. The number of hydrogen-bond acceptors (Lipinski definition) is 6. The molecular formula is C62H114O6. The van der Waals surface area contributed by atoms with E-state index in [2.05, 4.69) is 57.2 Å². The minimum Gasteiger partial charge on any atom is -0.462 e. The quantitative estimate of drug-likeness (QED) is 0.0262. The van der Waals surface area contributed by atoms with Crippen LogP contribution >= 0.6 is 0 Å². The second-order valence-corrected chi connectivity index (χ2v) is 20.2. The van der Waals surface area contributed by atoms with Gasteiger partial charge in [-0.05, 0) is 96.3 Å². The minimum absolute atomic E-state index is 0.0785. The van der Waals surface area contributed by atoms with E-state index in [1.807, 2.05) is 0 Å². The molecule has 0 bridgehead atoms. The van der Waals surface area contributed by atoms with Crippen LogP contribution in [-0.2, 0) is 28.6 Å². The molecule has 0 spiro atoms. The molecule has 68 heavy (non-hydrogen) atoms. The molecule has 0 rings (SSSR count). The van der Waals surface area contributed by atoms with Gasteiger partial charge in [-0.3, -0.25) is 14.4 Å². The number of unbranched alkanes of at least 4 members (excludes halogenated alkanes) is 38. The average Bonchev–Trinajstić information content (AvgIpc) is 3.34. The van der Waals surface area contributed by atoms with Gasteiger partial charge >= 0.3 is 17.9 Å². The van der Waals surface area contributed by atoms with Crippen LogP contribution < -0.4 is 0 Å². The summed E-state index contributed by atoms with van der Waals surface area (Å²) < 4.78 is 16.9. The Hall–Kier alpha value is -2.37. The maximum Gasteiger partial charge on any atom is 0.306 e. The largest absolute Gasteiger partial charge is 0.462 e. The summed E-state index contributed by atoms with van der Waals surface area (Å²) in [6.07, 6.45) is 68.5. The Labute approximate surface area is 423 Å². The van der Waals surface area contributed by atoms with E-state index >= 15 is 0 Å². The van der Waals surface area contributed by atoms with Gasteiger partial charge in [0.1, 0.15) is 13.2 Å². The van der Waals surface area contributed by atoms with E-state index in [0.717, 1.165) is 70.6 Å². The summed E-state index contributed by atoms with van der Waals surface area (Å²) in [4.78, 5) is 38.2. The predicted molar refractivity (Wildman–Crippen MR) is 293 cm³/mol. The van der Waals surface area contributed by atoms with Crippen molar-refractivity contribution in [2.24, 2.45) is 0 Å². The molecule has 1 atom stereocenters. The highest BCUT2D eigenvalue weighted by atomic mass is 16.6. The molecule has 0 amide bonds. The van der Waals surface area contributed by atoms with Crippen LogP contribution in [0.3, 0.4) is 0 Å². The third-order valence-corrected chi connectivity index (χ3v) is 13.3. The fraction of sp³-hybridized carbons (Fsp3) is 0.855. The van der Waals surface area contributed by atoms with Crippen LogP contribution in [0.5, 0.6) is 0 Å². The van der Waals surface area contributed by atoms with Crippen molar-refractivity contribution in [3.05, 3.63) is 36.5 Å². The first kappa shape index (κ1) is 65.6. The van der Waals surface area contributed by atoms with Crippen LogP contribution in [0.2, 0.25) is 0 Å². The van der Waals surface area contributed by atoms with Crippen LogP contribution in [-0.4, -0.2) is 37.2 Å². The third kappa shape index (κ3) is 54.6. The molecular weight excluding hydrogens is 841 g/mol. The minimum atomic E-state index is -0.781. The molecule has 0 saturated heterocycles. The van der Waals surface area contributed by atoms with Crippen molar-refractivity contribution in [3.8, 4) is 0 Å². The van der Waals surface area contributed by atoms with Gasteiger partial charge in [0.05, 0.1) is 0 Å². The Kier molecular flexibility index (Phi) is 55.2. The smallest absolute Gasteiger partial charge is 0.306 e. The van der Waals surface area contributed by atoms with E-state index in [0.29, 0.717) is 19.3 Å². The van der Waals surface area contributed by atoms with E-state index in [1.165, 1.54) is 212 Å². The predicted octanol–water partition coefficient (Wildman–Crippen LogP) is 20.0. The lowest BCUT2D eigenvalue weighted by Gasteiger charge is -2.18. The fourth-order valence-corrected chi connectivity index (χ4v) is 8.78. The monoisotopic (exact) mass is 955 g/mol. The number of esters is 3. The standard InChI is InChI=1S/C62H114O6/c1-4-7-10-13-16-19-22-25-28-30-31-33-34-37-40-43-46-49-52-55-61(64)67-58-59(57-66-60(63)54-51-48-45-42-39-36-27-24-21-18-15-12-9-6-3)68-62(65)56-53-50-47-44-41-38-35-32-29-26-23-20-17-14-11-8-5-2/h26,29-31,36,39,59H,4-25,27-28,32-35,37-38,40-58H2,1-3H3/b29-26-,31-30-,39-36-. The molecule has 398 valence electrons. The van der Waals surface area contributed by atoms with Gasteiger partial charge in [0.25, 0.3) is 0 Å². The molecule has 0 radical (unpaired) electrons. The van der Waals surface area contributed by atoms with E-state index in [4.69, 9.17) is 14.2 Å². The number of carbonyl (C=O) groups excluding carboxylic acids is 3. The van der Waals surface area contributed by atoms with Crippen LogP contribution in [0.1, 0.15) is 323 Å². The van der Waals surface area contributed by atoms with Gasteiger partial charge in [0.15, 0.2) is 6.10 Å². The zero-order valence-electron chi connectivity index (χ0n) is 45.6. The van der Waals surface area contributed by atoms with Crippen LogP contribution in [0.25, 0.3) is 0 Å². The number of carbonyl (C=O) groups is 3.